The Hall–Kier alpha value is -1.93. The fourth-order valence-electron chi connectivity index (χ4n) is 2.84. The summed E-state index contributed by atoms with van der Waals surface area (Å²) >= 11 is 6.29. The first-order chi connectivity index (χ1) is 9.81. The van der Waals surface area contributed by atoms with Gasteiger partial charge in [-0.25, -0.2) is 9.97 Å². The van der Waals surface area contributed by atoms with E-state index < -0.39 is 0 Å². The van der Waals surface area contributed by atoms with Crippen molar-refractivity contribution in [1.29, 1.82) is 0 Å². The molecule has 2 aromatic carbocycles. The summed E-state index contributed by atoms with van der Waals surface area (Å²) in [7, 11) is 0. The van der Waals surface area contributed by atoms with E-state index in [1.165, 1.54) is 10.8 Å². The van der Waals surface area contributed by atoms with Gasteiger partial charge >= 0.3 is 0 Å². The lowest BCUT2D eigenvalue weighted by molar-refractivity contribution is 0.900. The van der Waals surface area contributed by atoms with E-state index in [4.69, 9.17) is 16.6 Å². The van der Waals surface area contributed by atoms with Gasteiger partial charge in [-0.3, -0.25) is 0 Å². The third kappa shape index (κ3) is 1.88. The first-order valence-corrected chi connectivity index (χ1v) is 7.23. The summed E-state index contributed by atoms with van der Waals surface area (Å²) < 4.78 is 0. The van der Waals surface area contributed by atoms with Crippen molar-refractivity contribution in [3.05, 3.63) is 58.9 Å². The summed E-state index contributed by atoms with van der Waals surface area (Å²) in [5.74, 6) is 0.737. The first kappa shape index (κ1) is 11.9. The van der Waals surface area contributed by atoms with E-state index in [9.17, 15) is 0 Å². The first-order valence-electron chi connectivity index (χ1n) is 6.86. The van der Waals surface area contributed by atoms with Gasteiger partial charge in [0, 0.05) is 16.8 Å². The van der Waals surface area contributed by atoms with Crippen molar-refractivity contribution in [2.45, 2.75) is 19.3 Å². The van der Waals surface area contributed by atoms with Crippen molar-refractivity contribution in [3.8, 4) is 11.4 Å². The number of halogens is 1. The third-order valence-electron chi connectivity index (χ3n) is 3.89. The molecule has 98 valence electrons. The number of benzene rings is 2. The molecule has 0 radical (unpaired) electrons. The maximum atomic E-state index is 6.29. The second-order valence-electron chi connectivity index (χ2n) is 5.18. The second-order valence-corrected chi connectivity index (χ2v) is 5.54. The zero-order chi connectivity index (χ0) is 13.5. The van der Waals surface area contributed by atoms with Crippen molar-refractivity contribution in [3.63, 3.8) is 0 Å². The van der Waals surface area contributed by atoms with Gasteiger partial charge in [0.1, 0.15) is 5.15 Å². The number of aryl methyl sites for hydroxylation is 1. The topological polar surface area (TPSA) is 25.8 Å². The van der Waals surface area contributed by atoms with Crippen LogP contribution in [0.4, 0.5) is 0 Å². The Morgan fingerprint density at radius 2 is 1.75 bits per heavy atom. The Bertz CT molecular complexity index is 811. The predicted octanol–water partition coefficient (Wildman–Crippen LogP) is 4.44. The maximum Gasteiger partial charge on any atom is 0.161 e. The van der Waals surface area contributed by atoms with Crippen LogP contribution in [0.1, 0.15) is 17.7 Å². The molecule has 0 N–H and O–H groups in total. The molecule has 1 aromatic heterocycles. The minimum atomic E-state index is 0.621. The van der Waals surface area contributed by atoms with Crippen LogP contribution in [0, 0.1) is 0 Å². The number of hydrogen-bond donors (Lipinski definition) is 0. The summed E-state index contributed by atoms with van der Waals surface area (Å²) in [5, 5.41) is 3.05. The lowest BCUT2D eigenvalue weighted by Gasteiger charge is -2.07. The van der Waals surface area contributed by atoms with Gasteiger partial charge in [0.15, 0.2) is 5.82 Å². The smallest absolute Gasteiger partial charge is 0.161 e. The van der Waals surface area contributed by atoms with Crippen molar-refractivity contribution >= 4 is 22.4 Å². The molecular formula is C17H13ClN2. The van der Waals surface area contributed by atoms with E-state index in [1.54, 1.807) is 0 Å². The average molecular weight is 281 g/mol. The normalized spacial score (nSPS) is 13.7. The van der Waals surface area contributed by atoms with Crippen LogP contribution < -0.4 is 0 Å². The van der Waals surface area contributed by atoms with Crippen LogP contribution in [-0.2, 0) is 12.8 Å². The van der Waals surface area contributed by atoms with E-state index in [2.05, 4.69) is 35.3 Å². The lowest BCUT2D eigenvalue weighted by Crippen LogP contribution is -1.97. The molecule has 3 aromatic rings. The van der Waals surface area contributed by atoms with Crippen LogP contribution in [0.25, 0.3) is 22.2 Å². The van der Waals surface area contributed by atoms with Crippen molar-refractivity contribution in [2.75, 3.05) is 0 Å². The SMILES string of the molecule is Clc1nc(-c2ccc3ccccc3c2)nc2c1CCC2. The Labute approximate surface area is 122 Å². The summed E-state index contributed by atoms with van der Waals surface area (Å²) in [4.78, 5) is 9.17. The van der Waals surface area contributed by atoms with Crippen molar-refractivity contribution in [2.24, 2.45) is 0 Å². The molecule has 0 fully saturated rings. The number of fused-ring (bicyclic) bond motifs is 2. The highest BCUT2D eigenvalue weighted by Gasteiger charge is 2.18. The van der Waals surface area contributed by atoms with Crippen molar-refractivity contribution < 1.29 is 0 Å². The average Bonchev–Trinajstić information content (AvgIpc) is 2.96. The number of rotatable bonds is 1. The molecule has 20 heavy (non-hydrogen) atoms. The van der Waals surface area contributed by atoms with E-state index in [0.29, 0.717) is 5.15 Å². The van der Waals surface area contributed by atoms with Gasteiger partial charge in [0.05, 0.1) is 0 Å². The molecule has 0 aliphatic heterocycles. The quantitative estimate of drug-likeness (QED) is 0.616. The monoisotopic (exact) mass is 280 g/mol. The molecule has 0 saturated heterocycles. The zero-order valence-electron chi connectivity index (χ0n) is 10.9. The fourth-order valence-corrected chi connectivity index (χ4v) is 3.13. The van der Waals surface area contributed by atoms with Crippen LogP contribution >= 0.6 is 11.6 Å². The molecule has 3 heteroatoms. The van der Waals surface area contributed by atoms with E-state index in [-0.39, 0.29) is 0 Å². The highest BCUT2D eigenvalue weighted by atomic mass is 35.5. The lowest BCUT2D eigenvalue weighted by atomic mass is 10.1. The second kappa shape index (κ2) is 4.57. The fraction of sp³-hybridized carbons (Fsp3) is 0.176. The third-order valence-corrected chi connectivity index (χ3v) is 4.20. The maximum absolute atomic E-state index is 6.29. The number of hydrogen-bond acceptors (Lipinski definition) is 2. The molecule has 2 nitrogen and oxygen atoms in total. The molecule has 0 amide bonds. The van der Waals surface area contributed by atoms with Gasteiger partial charge in [-0.2, -0.15) is 0 Å². The summed E-state index contributed by atoms with van der Waals surface area (Å²) in [5.41, 5.74) is 3.28. The molecular weight excluding hydrogens is 268 g/mol. The molecule has 1 heterocycles. The van der Waals surface area contributed by atoms with E-state index in [1.807, 2.05) is 12.1 Å². The highest BCUT2D eigenvalue weighted by Crippen LogP contribution is 2.29. The van der Waals surface area contributed by atoms with Gasteiger partial charge in [0.25, 0.3) is 0 Å². The zero-order valence-corrected chi connectivity index (χ0v) is 11.7. The molecule has 0 spiro atoms. The van der Waals surface area contributed by atoms with Gasteiger partial charge in [-0.1, -0.05) is 48.0 Å². The molecule has 0 bridgehead atoms. The van der Waals surface area contributed by atoms with Gasteiger partial charge in [-0.05, 0) is 36.1 Å². The van der Waals surface area contributed by atoms with Gasteiger partial charge in [0.2, 0.25) is 0 Å². The molecule has 1 aliphatic rings. The molecule has 4 rings (SSSR count). The minimum absolute atomic E-state index is 0.621. The highest BCUT2D eigenvalue weighted by molar-refractivity contribution is 6.30. The summed E-state index contributed by atoms with van der Waals surface area (Å²) in [6, 6.07) is 14.6. The molecule has 0 unspecified atom stereocenters. The van der Waals surface area contributed by atoms with Crippen LogP contribution in [0.15, 0.2) is 42.5 Å². The van der Waals surface area contributed by atoms with Gasteiger partial charge < -0.3 is 0 Å². The largest absolute Gasteiger partial charge is 0.233 e. The Kier molecular flexibility index (Phi) is 2.71. The minimum Gasteiger partial charge on any atom is -0.233 e. The Morgan fingerprint density at radius 3 is 2.65 bits per heavy atom. The van der Waals surface area contributed by atoms with Crippen LogP contribution in [0.3, 0.4) is 0 Å². The van der Waals surface area contributed by atoms with Crippen LogP contribution in [0.5, 0.6) is 0 Å². The Morgan fingerprint density at radius 1 is 0.900 bits per heavy atom. The van der Waals surface area contributed by atoms with Crippen LogP contribution in [-0.4, -0.2) is 9.97 Å². The molecule has 1 aliphatic carbocycles. The Balaban J connectivity index is 1.88. The summed E-state index contributed by atoms with van der Waals surface area (Å²) in [6.45, 7) is 0. The van der Waals surface area contributed by atoms with E-state index >= 15 is 0 Å². The summed E-state index contributed by atoms with van der Waals surface area (Å²) in [6.07, 6.45) is 3.15. The molecule has 0 saturated carbocycles. The number of nitrogens with zero attached hydrogens (tertiary/aromatic N) is 2. The standard InChI is InChI=1S/C17H13ClN2/c18-16-14-6-3-7-15(14)19-17(20-16)13-9-8-11-4-1-2-5-12(11)10-13/h1-2,4-5,8-10H,3,6-7H2. The predicted molar refractivity (Wildman–Crippen MR) is 82.0 cm³/mol. The molecule has 0 atom stereocenters. The van der Waals surface area contributed by atoms with E-state index in [0.717, 1.165) is 41.9 Å². The van der Waals surface area contributed by atoms with Crippen molar-refractivity contribution in [1.82, 2.24) is 9.97 Å². The van der Waals surface area contributed by atoms with Crippen LogP contribution in [0.2, 0.25) is 5.15 Å². The van der Waals surface area contributed by atoms with Gasteiger partial charge in [-0.15, -0.1) is 0 Å². The number of aromatic nitrogens is 2.